The predicted octanol–water partition coefficient (Wildman–Crippen LogP) is -0.0626. The van der Waals surface area contributed by atoms with Gasteiger partial charge in [0, 0.05) is 13.3 Å². The summed E-state index contributed by atoms with van der Waals surface area (Å²) in [6.07, 6.45) is 1.62. The van der Waals surface area contributed by atoms with Crippen LogP contribution in [0.5, 0.6) is 0 Å². The number of carboxylic acids is 1. The molecule has 0 aliphatic rings. The third-order valence-electron chi connectivity index (χ3n) is 1.41. The quantitative estimate of drug-likeness (QED) is 0.663. The molecule has 1 rings (SSSR count). The molecule has 0 aromatic carbocycles. The minimum absolute atomic E-state index is 0.201. The molecule has 0 spiro atoms. The summed E-state index contributed by atoms with van der Waals surface area (Å²) in [5.41, 5.74) is 5.85. The summed E-state index contributed by atoms with van der Waals surface area (Å²) in [6.45, 7) is 1.69. The first-order valence-electron chi connectivity index (χ1n) is 3.49. The van der Waals surface area contributed by atoms with Crippen molar-refractivity contribution in [2.75, 3.05) is 0 Å². The molecule has 1 aromatic heterocycles. The van der Waals surface area contributed by atoms with Gasteiger partial charge >= 0.3 is 5.97 Å². The number of hydrogen-bond acceptors (Lipinski definition) is 4. The van der Waals surface area contributed by atoms with E-state index in [9.17, 15) is 4.79 Å². The van der Waals surface area contributed by atoms with Crippen LogP contribution in [0.25, 0.3) is 0 Å². The number of rotatable bonds is 3. The van der Waals surface area contributed by atoms with Gasteiger partial charge in [-0.2, -0.15) is 0 Å². The number of hydrogen-bond donors (Lipinski definition) is 2. The highest BCUT2D eigenvalue weighted by atomic mass is 16.4. The number of aromatic nitrogens is 1. The van der Waals surface area contributed by atoms with Crippen molar-refractivity contribution in [1.29, 1.82) is 0 Å². The van der Waals surface area contributed by atoms with Gasteiger partial charge in [-0.25, -0.2) is 4.98 Å². The van der Waals surface area contributed by atoms with Gasteiger partial charge < -0.3 is 15.3 Å². The largest absolute Gasteiger partial charge is 0.480 e. The van der Waals surface area contributed by atoms with Crippen LogP contribution < -0.4 is 5.73 Å². The summed E-state index contributed by atoms with van der Waals surface area (Å²) in [4.78, 5) is 14.3. The molecule has 0 bridgehead atoms. The van der Waals surface area contributed by atoms with Crippen molar-refractivity contribution < 1.29 is 14.3 Å². The summed E-state index contributed by atoms with van der Waals surface area (Å²) in [7, 11) is 0. The number of aliphatic carboxylic acids is 1. The van der Waals surface area contributed by atoms with E-state index in [0.717, 1.165) is 0 Å². The van der Waals surface area contributed by atoms with Crippen LogP contribution in [-0.2, 0) is 11.2 Å². The molecular formula is C7H10N2O3. The van der Waals surface area contributed by atoms with E-state index in [2.05, 4.69) is 4.98 Å². The first kappa shape index (κ1) is 8.73. The van der Waals surface area contributed by atoms with Crippen LogP contribution in [0.3, 0.4) is 0 Å². The summed E-state index contributed by atoms with van der Waals surface area (Å²) in [6, 6.07) is -0.908. The van der Waals surface area contributed by atoms with Crippen LogP contribution in [0.15, 0.2) is 10.7 Å². The first-order valence-corrected chi connectivity index (χ1v) is 3.49. The molecule has 3 N–H and O–H groups in total. The van der Waals surface area contributed by atoms with E-state index >= 15 is 0 Å². The molecule has 0 amide bonds. The number of nitrogens with zero attached hydrogens (tertiary/aromatic N) is 1. The topological polar surface area (TPSA) is 89.3 Å². The van der Waals surface area contributed by atoms with Gasteiger partial charge in [0.1, 0.15) is 12.3 Å². The maximum Gasteiger partial charge on any atom is 0.320 e. The lowest BCUT2D eigenvalue weighted by molar-refractivity contribution is -0.138. The smallest absolute Gasteiger partial charge is 0.320 e. The summed E-state index contributed by atoms with van der Waals surface area (Å²) < 4.78 is 4.89. The molecule has 12 heavy (non-hydrogen) atoms. The van der Waals surface area contributed by atoms with Gasteiger partial charge in [0.15, 0.2) is 5.89 Å². The van der Waals surface area contributed by atoms with Gasteiger partial charge in [0.25, 0.3) is 0 Å². The second kappa shape index (κ2) is 3.36. The zero-order chi connectivity index (χ0) is 9.14. The van der Waals surface area contributed by atoms with Crippen LogP contribution in [0.1, 0.15) is 11.6 Å². The molecule has 0 fully saturated rings. The van der Waals surface area contributed by atoms with E-state index in [0.29, 0.717) is 11.6 Å². The van der Waals surface area contributed by atoms with Gasteiger partial charge in [-0.3, -0.25) is 4.79 Å². The number of nitrogens with two attached hydrogens (primary N) is 1. The van der Waals surface area contributed by atoms with Gasteiger partial charge in [-0.05, 0) is 0 Å². The Morgan fingerprint density at radius 1 is 1.92 bits per heavy atom. The highest BCUT2D eigenvalue weighted by Gasteiger charge is 2.13. The SMILES string of the molecule is Cc1nc(CC(N)C(=O)O)co1. The second-order valence-corrected chi connectivity index (χ2v) is 2.51. The minimum atomic E-state index is -1.03. The fourth-order valence-corrected chi connectivity index (χ4v) is 0.815. The Bertz CT molecular complexity index is 282. The van der Waals surface area contributed by atoms with Crippen LogP contribution in [0, 0.1) is 6.92 Å². The molecule has 5 nitrogen and oxygen atoms in total. The monoisotopic (exact) mass is 170 g/mol. The Morgan fingerprint density at radius 2 is 2.58 bits per heavy atom. The Kier molecular flexibility index (Phi) is 2.44. The van der Waals surface area contributed by atoms with Crippen molar-refractivity contribution in [2.24, 2.45) is 5.73 Å². The molecule has 0 aliphatic heterocycles. The van der Waals surface area contributed by atoms with E-state index in [1.807, 2.05) is 0 Å². The Hall–Kier alpha value is -1.36. The molecule has 1 unspecified atom stereocenters. The van der Waals surface area contributed by atoms with E-state index in [-0.39, 0.29) is 6.42 Å². The molecule has 0 saturated carbocycles. The van der Waals surface area contributed by atoms with E-state index in [1.165, 1.54) is 6.26 Å². The van der Waals surface area contributed by atoms with Crippen molar-refractivity contribution in [3.05, 3.63) is 17.8 Å². The molecule has 1 heterocycles. The minimum Gasteiger partial charge on any atom is -0.480 e. The fraction of sp³-hybridized carbons (Fsp3) is 0.429. The Morgan fingerprint density at radius 3 is 3.00 bits per heavy atom. The van der Waals surface area contributed by atoms with Gasteiger partial charge in [-0.15, -0.1) is 0 Å². The van der Waals surface area contributed by atoms with Crippen LogP contribution in [0.4, 0.5) is 0 Å². The summed E-state index contributed by atoms with van der Waals surface area (Å²) >= 11 is 0. The Labute approximate surface area is 69.2 Å². The van der Waals surface area contributed by atoms with Crippen molar-refractivity contribution in [1.82, 2.24) is 4.98 Å². The van der Waals surface area contributed by atoms with Crippen LogP contribution in [-0.4, -0.2) is 22.1 Å². The van der Waals surface area contributed by atoms with Gasteiger partial charge in [0.2, 0.25) is 0 Å². The molecule has 5 heteroatoms. The predicted molar refractivity (Wildman–Crippen MR) is 40.6 cm³/mol. The molecule has 0 saturated heterocycles. The molecule has 66 valence electrons. The molecule has 1 atom stereocenters. The summed E-state index contributed by atoms with van der Waals surface area (Å²) in [5, 5.41) is 8.47. The van der Waals surface area contributed by atoms with E-state index < -0.39 is 12.0 Å². The maximum atomic E-state index is 10.3. The first-order chi connectivity index (χ1) is 5.59. The highest BCUT2D eigenvalue weighted by molar-refractivity contribution is 5.73. The zero-order valence-electron chi connectivity index (χ0n) is 6.65. The average Bonchev–Trinajstić information content (AvgIpc) is 2.35. The average molecular weight is 170 g/mol. The third-order valence-corrected chi connectivity index (χ3v) is 1.41. The van der Waals surface area contributed by atoms with Crippen LogP contribution >= 0.6 is 0 Å². The number of oxazole rings is 1. The lowest BCUT2D eigenvalue weighted by Gasteiger charge is -2.01. The standard InChI is InChI=1S/C7H10N2O3/c1-4-9-5(3-12-4)2-6(8)7(10)11/h3,6H,2,8H2,1H3,(H,10,11). The number of aryl methyl sites for hydroxylation is 1. The van der Waals surface area contributed by atoms with Gasteiger partial charge in [0.05, 0.1) is 5.69 Å². The highest BCUT2D eigenvalue weighted by Crippen LogP contribution is 2.02. The number of carbonyl (C=O) groups is 1. The van der Waals surface area contributed by atoms with Crippen molar-refractivity contribution >= 4 is 5.97 Å². The molecule has 1 aromatic rings. The lowest BCUT2D eigenvalue weighted by atomic mass is 10.2. The van der Waals surface area contributed by atoms with Crippen molar-refractivity contribution in [2.45, 2.75) is 19.4 Å². The molecular weight excluding hydrogens is 160 g/mol. The van der Waals surface area contributed by atoms with E-state index in [1.54, 1.807) is 6.92 Å². The Balaban J connectivity index is 2.58. The van der Waals surface area contributed by atoms with Gasteiger partial charge in [-0.1, -0.05) is 0 Å². The van der Waals surface area contributed by atoms with E-state index in [4.69, 9.17) is 15.3 Å². The maximum absolute atomic E-state index is 10.3. The third kappa shape index (κ3) is 2.06. The zero-order valence-corrected chi connectivity index (χ0v) is 6.65. The summed E-state index contributed by atoms with van der Waals surface area (Å²) in [5.74, 6) is -0.516. The lowest BCUT2D eigenvalue weighted by Crippen LogP contribution is -2.32. The molecule has 0 radical (unpaired) electrons. The van der Waals surface area contributed by atoms with Crippen molar-refractivity contribution in [3.63, 3.8) is 0 Å². The molecule has 0 aliphatic carbocycles. The van der Waals surface area contributed by atoms with Crippen LogP contribution in [0.2, 0.25) is 0 Å². The normalized spacial score (nSPS) is 12.8. The number of carboxylic acid groups (broad SMARTS) is 1. The van der Waals surface area contributed by atoms with Crippen molar-refractivity contribution in [3.8, 4) is 0 Å². The fourth-order valence-electron chi connectivity index (χ4n) is 0.815. The second-order valence-electron chi connectivity index (χ2n) is 2.51.